The van der Waals surface area contributed by atoms with Gasteiger partial charge in [-0.3, -0.25) is 0 Å². The van der Waals surface area contributed by atoms with Gasteiger partial charge in [-0.2, -0.15) is 0 Å². The molecule has 0 aliphatic heterocycles. The van der Waals surface area contributed by atoms with E-state index in [1.54, 1.807) is 0 Å². The Morgan fingerprint density at radius 1 is 1.17 bits per heavy atom. The van der Waals surface area contributed by atoms with E-state index in [0.717, 1.165) is 16.8 Å². The Morgan fingerprint density at radius 3 is 2.22 bits per heavy atom. The summed E-state index contributed by atoms with van der Waals surface area (Å²) < 4.78 is 0. The number of rotatable bonds is 6. The third-order valence-electron chi connectivity index (χ3n) is 3.04. The molecule has 0 amide bonds. The van der Waals surface area contributed by atoms with Gasteiger partial charge >= 0.3 is 5.97 Å². The minimum atomic E-state index is -0.843. The topological polar surface area (TPSA) is 66.4 Å². The molecule has 0 radical (unpaired) electrons. The van der Waals surface area contributed by atoms with Crippen LogP contribution in [0.2, 0.25) is 0 Å². The van der Waals surface area contributed by atoms with Crippen LogP contribution >= 0.6 is 11.6 Å². The SMILES string of the molecule is Cc1ccc(NC(Cc2ccccc2)C(=O)O)cc1.O=CCCl. The van der Waals surface area contributed by atoms with Crippen LogP contribution in [-0.2, 0) is 16.0 Å². The second-order valence-electron chi connectivity index (χ2n) is 4.91. The number of alkyl halides is 1. The van der Waals surface area contributed by atoms with Crippen LogP contribution in [0.4, 0.5) is 5.69 Å². The van der Waals surface area contributed by atoms with Crippen LogP contribution in [0.5, 0.6) is 0 Å². The summed E-state index contributed by atoms with van der Waals surface area (Å²) in [5.74, 6) is -0.732. The number of aliphatic carboxylic acids is 1. The standard InChI is InChI=1S/C16H17NO2.C2H3ClO/c1-12-7-9-14(10-8-12)17-15(16(18)19)11-13-5-3-2-4-6-13;3-1-2-4/h2-10,15,17H,11H2,1H3,(H,18,19);2H,1H2. The molecule has 1 atom stereocenters. The van der Waals surface area contributed by atoms with E-state index in [1.165, 1.54) is 0 Å². The van der Waals surface area contributed by atoms with Crippen molar-refractivity contribution in [3.8, 4) is 0 Å². The second-order valence-corrected chi connectivity index (χ2v) is 5.22. The van der Waals surface area contributed by atoms with E-state index in [4.69, 9.17) is 16.4 Å². The summed E-state index contributed by atoms with van der Waals surface area (Å²) in [5.41, 5.74) is 2.99. The van der Waals surface area contributed by atoms with E-state index in [0.29, 0.717) is 12.7 Å². The Kier molecular flexibility index (Phi) is 8.47. The lowest BCUT2D eigenvalue weighted by atomic mass is 10.1. The van der Waals surface area contributed by atoms with Crippen LogP contribution in [0.3, 0.4) is 0 Å². The van der Waals surface area contributed by atoms with Gasteiger partial charge in [0.25, 0.3) is 0 Å². The molecule has 0 heterocycles. The Hall–Kier alpha value is -2.33. The fourth-order valence-electron chi connectivity index (χ4n) is 1.90. The highest BCUT2D eigenvalue weighted by Crippen LogP contribution is 2.13. The predicted molar refractivity (Wildman–Crippen MR) is 93.2 cm³/mol. The Morgan fingerprint density at radius 2 is 1.74 bits per heavy atom. The number of nitrogens with one attached hydrogen (secondary N) is 1. The molecule has 122 valence electrons. The van der Waals surface area contributed by atoms with Crippen LogP contribution in [0.25, 0.3) is 0 Å². The molecule has 2 rings (SSSR count). The van der Waals surface area contributed by atoms with Crippen molar-refractivity contribution < 1.29 is 14.7 Å². The first-order valence-corrected chi connectivity index (χ1v) is 7.69. The van der Waals surface area contributed by atoms with Gasteiger partial charge in [0.15, 0.2) is 0 Å². The number of anilines is 1. The van der Waals surface area contributed by atoms with Crippen LogP contribution in [0.15, 0.2) is 54.6 Å². The minimum Gasteiger partial charge on any atom is -0.480 e. The summed E-state index contributed by atoms with van der Waals surface area (Å²) in [7, 11) is 0. The molecule has 0 aliphatic carbocycles. The molecular formula is C18H20ClNO3. The van der Waals surface area contributed by atoms with Gasteiger partial charge in [0, 0.05) is 12.1 Å². The van der Waals surface area contributed by atoms with Crippen molar-refractivity contribution in [1.29, 1.82) is 0 Å². The molecule has 0 aliphatic rings. The van der Waals surface area contributed by atoms with Gasteiger partial charge in [0.1, 0.15) is 12.3 Å². The maximum Gasteiger partial charge on any atom is 0.326 e. The summed E-state index contributed by atoms with van der Waals surface area (Å²) in [4.78, 5) is 20.4. The molecule has 0 aromatic heterocycles. The van der Waals surface area contributed by atoms with Crippen LogP contribution in [0.1, 0.15) is 11.1 Å². The summed E-state index contributed by atoms with van der Waals surface area (Å²) in [6.45, 7) is 2.00. The van der Waals surface area contributed by atoms with Crippen molar-refractivity contribution >= 4 is 29.5 Å². The van der Waals surface area contributed by atoms with Crippen molar-refractivity contribution in [3.05, 3.63) is 65.7 Å². The maximum absolute atomic E-state index is 11.3. The summed E-state index contributed by atoms with van der Waals surface area (Å²) in [6.07, 6.45) is 1.10. The Labute approximate surface area is 141 Å². The number of carboxylic acid groups (broad SMARTS) is 1. The van der Waals surface area contributed by atoms with Crippen molar-refractivity contribution in [2.45, 2.75) is 19.4 Å². The first-order chi connectivity index (χ1) is 11.1. The third-order valence-corrected chi connectivity index (χ3v) is 3.16. The van der Waals surface area contributed by atoms with E-state index >= 15 is 0 Å². The average molecular weight is 334 g/mol. The van der Waals surface area contributed by atoms with Gasteiger partial charge in [0.05, 0.1) is 5.88 Å². The molecular weight excluding hydrogens is 314 g/mol. The number of aldehydes is 1. The van der Waals surface area contributed by atoms with Crippen molar-refractivity contribution in [1.82, 2.24) is 0 Å². The van der Waals surface area contributed by atoms with Gasteiger partial charge in [-0.05, 0) is 24.6 Å². The highest BCUT2D eigenvalue weighted by atomic mass is 35.5. The smallest absolute Gasteiger partial charge is 0.326 e. The second kappa shape index (κ2) is 10.4. The molecule has 0 fully saturated rings. The van der Waals surface area contributed by atoms with Crippen LogP contribution < -0.4 is 5.32 Å². The zero-order chi connectivity index (χ0) is 17.1. The maximum atomic E-state index is 11.3. The Balaban J connectivity index is 0.000000593. The van der Waals surface area contributed by atoms with Gasteiger partial charge in [-0.15, -0.1) is 11.6 Å². The molecule has 1 unspecified atom stereocenters. The molecule has 0 saturated carbocycles. The molecule has 0 saturated heterocycles. The lowest BCUT2D eigenvalue weighted by molar-refractivity contribution is -0.137. The summed E-state index contributed by atoms with van der Waals surface area (Å²) in [5, 5.41) is 12.3. The summed E-state index contributed by atoms with van der Waals surface area (Å²) in [6, 6.07) is 16.7. The van der Waals surface area contributed by atoms with Crippen molar-refractivity contribution in [2.24, 2.45) is 0 Å². The molecule has 4 nitrogen and oxygen atoms in total. The lowest BCUT2D eigenvalue weighted by Gasteiger charge is -2.16. The van der Waals surface area contributed by atoms with Gasteiger partial charge < -0.3 is 15.2 Å². The van der Waals surface area contributed by atoms with E-state index in [2.05, 4.69) is 5.32 Å². The Bertz CT molecular complexity index is 599. The first kappa shape index (κ1) is 18.7. The zero-order valence-corrected chi connectivity index (χ0v) is 13.7. The van der Waals surface area contributed by atoms with Crippen LogP contribution in [-0.4, -0.2) is 29.3 Å². The van der Waals surface area contributed by atoms with E-state index < -0.39 is 12.0 Å². The highest BCUT2D eigenvalue weighted by molar-refractivity contribution is 6.24. The third kappa shape index (κ3) is 7.47. The van der Waals surface area contributed by atoms with E-state index in [9.17, 15) is 9.90 Å². The molecule has 23 heavy (non-hydrogen) atoms. The molecule has 0 spiro atoms. The average Bonchev–Trinajstić information content (AvgIpc) is 2.57. The number of benzene rings is 2. The largest absolute Gasteiger partial charge is 0.480 e. The lowest BCUT2D eigenvalue weighted by Crippen LogP contribution is -2.31. The highest BCUT2D eigenvalue weighted by Gasteiger charge is 2.17. The van der Waals surface area contributed by atoms with Gasteiger partial charge in [-0.1, -0.05) is 48.0 Å². The molecule has 5 heteroatoms. The number of hydrogen-bond acceptors (Lipinski definition) is 3. The predicted octanol–water partition coefficient (Wildman–Crippen LogP) is 3.53. The minimum absolute atomic E-state index is 0.111. The number of carbonyl (C=O) groups is 2. The van der Waals surface area contributed by atoms with E-state index in [1.807, 2.05) is 61.5 Å². The van der Waals surface area contributed by atoms with Gasteiger partial charge in [-0.25, -0.2) is 4.79 Å². The monoisotopic (exact) mass is 333 g/mol. The number of carboxylic acids is 1. The molecule has 2 N–H and O–H groups in total. The quantitative estimate of drug-likeness (QED) is 0.627. The summed E-state index contributed by atoms with van der Waals surface area (Å²) >= 11 is 4.82. The number of carbonyl (C=O) groups excluding carboxylic acids is 1. The zero-order valence-electron chi connectivity index (χ0n) is 12.9. The molecule has 0 bridgehead atoms. The number of hydrogen-bond donors (Lipinski definition) is 2. The molecule has 2 aromatic carbocycles. The van der Waals surface area contributed by atoms with E-state index in [-0.39, 0.29) is 5.88 Å². The molecule has 2 aromatic rings. The number of aryl methyl sites for hydroxylation is 1. The normalized spacial score (nSPS) is 10.9. The van der Waals surface area contributed by atoms with Gasteiger partial charge in [0.2, 0.25) is 0 Å². The van der Waals surface area contributed by atoms with Crippen molar-refractivity contribution in [3.63, 3.8) is 0 Å². The number of halogens is 1. The fourth-order valence-corrected chi connectivity index (χ4v) is 1.90. The van der Waals surface area contributed by atoms with Crippen LogP contribution in [0, 0.1) is 6.92 Å². The first-order valence-electron chi connectivity index (χ1n) is 7.16. The fraction of sp³-hybridized carbons (Fsp3) is 0.222. The van der Waals surface area contributed by atoms with Crippen molar-refractivity contribution in [2.75, 3.05) is 11.2 Å².